The summed E-state index contributed by atoms with van der Waals surface area (Å²) in [5.74, 6) is 5.92. The van der Waals surface area contributed by atoms with E-state index >= 15 is 0 Å². The minimum Gasteiger partial charge on any atom is -0.368 e. The Labute approximate surface area is 114 Å². The average Bonchev–Trinajstić information content (AvgIpc) is 2.79. The summed E-state index contributed by atoms with van der Waals surface area (Å²) in [5, 5.41) is 0.907. The number of likely N-dealkylation sites (N-methyl/N-ethyl adjacent to an activating group) is 1. The molecule has 0 aromatic carbocycles. The van der Waals surface area contributed by atoms with E-state index in [2.05, 4.69) is 22.3 Å². The lowest BCUT2D eigenvalue weighted by atomic mass is 10.3. The van der Waals surface area contributed by atoms with Crippen molar-refractivity contribution in [3.8, 4) is 0 Å². The number of aromatic nitrogens is 2. The largest absolute Gasteiger partial charge is 0.368 e. The molecule has 0 saturated carbocycles. The number of primary amides is 1. The van der Waals surface area contributed by atoms with Gasteiger partial charge in [-0.05, 0) is 12.5 Å². The molecule has 0 aliphatic carbocycles. The van der Waals surface area contributed by atoms with Gasteiger partial charge in [0.05, 0.1) is 11.9 Å². The van der Waals surface area contributed by atoms with Crippen molar-refractivity contribution in [1.29, 1.82) is 0 Å². The number of fused-ring (bicyclic) bond motifs is 1. The minimum atomic E-state index is -0.414. The fourth-order valence-corrected chi connectivity index (χ4v) is 2.76. The highest BCUT2D eigenvalue weighted by Gasteiger charge is 2.15. The highest BCUT2D eigenvalue weighted by Crippen LogP contribution is 2.31. The molecule has 0 saturated heterocycles. The molecule has 8 heteroatoms. The first-order chi connectivity index (χ1) is 9.05. The van der Waals surface area contributed by atoms with Crippen molar-refractivity contribution in [2.45, 2.75) is 13.3 Å². The lowest BCUT2D eigenvalue weighted by Gasteiger charge is -2.17. The SMILES string of the molecule is CCc1cc2c(N(C)CC(N)=O)nc(NN)nc2s1. The number of nitrogens with zero attached hydrogens (tertiary/aromatic N) is 3. The fraction of sp³-hybridized carbons (Fsp3) is 0.364. The van der Waals surface area contributed by atoms with Gasteiger partial charge in [0.25, 0.3) is 0 Å². The van der Waals surface area contributed by atoms with Crippen LogP contribution in [0.2, 0.25) is 0 Å². The van der Waals surface area contributed by atoms with Crippen LogP contribution in [-0.4, -0.2) is 29.5 Å². The Morgan fingerprint density at radius 3 is 2.84 bits per heavy atom. The molecule has 0 radical (unpaired) electrons. The lowest BCUT2D eigenvalue weighted by molar-refractivity contribution is -0.116. The number of rotatable bonds is 5. The van der Waals surface area contributed by atoms with Gasteiger partial charge in [0.1, 0.15) is 10.6 Å². The van der Waals surface area contributed by atoms with E-state index in [-0.39, 0.29) is 6.54 Å². The first-order valence-corrected chi connectivity index (χ1v) is 6.63. The maximum Gasteiger partial charge on any atom is 0.240 e. The van der Waals surface area contributed by atoms with Crippen LogP contribution in [0.15, 0.2) is 6.07 Å². The highest BCUT2D eigenvalue weighted by molar-refractivity contribution is 7.18. The maximum atomic E-state index is 11.0. The maximum absolute atomic E-state index is 11.0. The van der Waals surface area contributed by atoms with Crippen LogP contribution in [0.5, 0.6) is 0 Å². The van der Waals surface area contributed by atoms with E-state index < -0.39 is 5.91 Å². The molecular formula is C11H16N6OS. The number of nitrogens with two attached hydrogens (primary N) is 2. The standard InChI is InChI=1S/C11H16N6OS/c1-3-6-4-7-9(17(2)5-8(12)18)14-11(16-13)15-10(7)19-6/h4H,3,5,13H2,1-2H3,(H2,12,18)(H,14,15,16). The van der Waals surface area contributed by atoms with Gasteiger partial charge in [0.15, 0.2) is 0 Å². The normalized spacial score (nSPS) is 10.7. The van der Waals surface area contributed by atoms with Crippen molar-refractivity contribution in [2.75, 3.05) is 23.9 Å². The van der Waals surface area contributed by atoms with Gasteiger partial charge in [-0.25, -0.2) is 10.8 Å². The summed E-state index contributed by atoms with van der Waals surface area (Å²) in [7, 11) is 1.76. The number of carbonyl (C=O) groups excluding carboxylic acids is 1. The van der Waals surface area contributed by atoms with E-state index in [0.29, 0.717) is 11.8 Å². The number of hydrazine groups is 1. The van der Waals surface area contributed by atoms with Crippen LogP contribution < -0.4 is 21.9 Å². The average molecular weight is 280 g/mol. The second kappa shape index (κ2) is 5.37. The third-order valence-electron chi connectivity index (χ3n) is 2.66. The third-order valence-corrected chi connectivity index (χ3v) is 3.83. The summed E-state index contributed by atoms with van der Waals surface area (Å²) in [4.78, 5) is 23.4. The van der Waals surface area contributed by atoms with Gasteiger partial charge in [-0.2, -0.15) is 4.98 Å². The van der Waals surface area contributed by atoms with Crippen LogP contribution in [0, 0.1) is 0 Å². The van der Waals surface area contributed by atoms with Crippen LogP contribution >= 0.6 is 11.3 Å². The van der Waals surface area contributed by atoms with E-state index in [0.717, 1.165) is 16.6 Å². The molecule has 2 aromatic heterocycles. The Hall–Kier alpha value is -1.93. The van der Waals surface area contributed by atoms with Gasteiger partial charge in [-0.15, -0.1) is 11.3 Å². The van der Waals surface area contributed by atoms with E-state index in [9.17, 15) is 4.79 Å². The predicted octanol–water partition coefficient (Wildman–Crippen LogP) is 0.461. The number of aryl methyl sites for hydroxylation is 1. The van der Waals surface area contributed by atoms with Crippen LogP contribution in [0.1, 0.15) is 11.8 Å². The summed E-state index contributed by atoms with van der Waals surface area (Å²) < 4.78 is 0. The van der Waals surface area contributed by atoms with Gasteiger partial charge in [-0.3, -0.25) is 10.2 Å². The molecule has 0 spiro atoms. The van der Waals surface area contributed by atoms with Crippen LogP contribution in [0.3, 0.4) is 0 Å². The molecule has 2 rings (SSSR count). The quantitative estimate of drug-likeness (QED) is 0.542. The van der Waals surface area contributed by atoms with Gasteiger partial charge in [0.2, 0.25) is 11.9 Å². The molecular weight excluding hydrogens is 264 g/mol. The number of amides is 1. The molecule has 7 nitrogen and oxygen atoms in total. The first kappa shape index (κ1) is 13.5. The van der Waals surface area contributed by atoms with E-state index in [1.165, 1.54) is 4.88 Å². The number of nitrogen functional groups attached to an aromatic ring is 1. The van der Waals surface area contributed by atoms with E-state index in [1.54, 1.807) is 23.3 Å². The summed E-state index contributed by atoms with van der Waals surface area (Å²) >= 11 is 1.59. The Morgan fingerprint density at radius 2 is 2.26 bits per heavy atom. The zero-order valence-corrected chi connectivity index (χ0v) is 11.6. The first-order valence-electron chi connectivity index (χ1n) is 5.81. The van der Waals surface area contributed by atoms with Crippen molar-refractivity contribution < 1.29 is 4.79 Å². The summed E-state index contributed by atoms with van der Waals surface area (Å²) in [6.07, 6.45) is 0.922. The second-order valence-corrected chi connectivity index (χ2v) is 5.24. The van der Waals surface area contributed by atoms with E-state index in [4.69, 9.17) is 11.6 Å². The van der Waals surface area contributed by atoms with Gasteiger partial charge >= 0.3 is 0 Å². The van der Waals surface area contributed by atoms with Crippen molar-refractivity contribution in [3.63, 3.8) is 0 Å². The third kappa shape index (κ3) is 2.74. The zero-order valence-electron chi connectivity index (χ0n) is 10.8. The number of hydrogen-bond donors (Lipinski definition) is 3. The Morgan fingerprint density at radius 1 is 1.53 bits per heavy atom. The van der Waals surface area contributed by atoms with Crippen LogP contribution in [-0.2, 0) is 11.2 Å². The molecule has 5 N–H and O–H groups in total. The molecule has 0 aliphatic rings. The number of thiophene rings is 1. The Bertz CT molecular complexity index is 610. The molecule has 19 heavy (non-hydrogen) atoms. The highest BCUT2D eigenvalue weighted by atomic mass is 32.1. The molecule has 0 unspecified atom stereocenters. The van der Waals surface area contributed by atoms with Crippen molar-refractivity contribution in [3.05, 3.63) is 10.9 Å². The summed E-state index contributed by atoms with van der Waals surface area (Å²) in [6.45, 7) is 2.17. The molecule has 0 bridgehead atoms. The Balaban J connectivity index is 2.55. The number of carbonyl (C=O) groups is 1. The topological polar surface area (TPSA) is 110 Å². The summed E-state index contributed by atoms with van der Waals surface area (Å²) in [5.41, 5.74) is 7.65. The molecule has 0 aliphatic heterocycles. The summed E-state index contributed by atoms with van der Waals surface area (Å²) in [6, 6.07) is 2.03. The van der Waals surface area contributed by atoms with Crippen molar-refractivity contribution in [1.82, 2.24) is 9.97 Å². The minimum absolute atomic E-state index is 0.0907. The van der Waals surface area contributed by atoms with E-state index in [1.807, 2.05) is 6.07 Å². The fourth-order valence-electron chi connectivity index (χ4n) is 1.79. The Kier molecular flexibility index (Phi) is 3.82. The van der Waals surface area contributed by atoms with Gasteiger partial charge in [0, 0.05) is 11.9 Å². The molecule has 102 valence electrons. The molecule has 2 aromatic rings. The number of anilines is 2. The van der Waals surface area contributed by atoms with Crippen molar-refractivity contribution >= 4 is 39.2 Å². The smallest absolute Gasteiger partial charge is 0.240 e. The van der Waals surface area contributed by atoms with Crippen LogP contribution in [0.4, 0.5) is 11.8 Å². The van der Waals surface area contributed by atoms with Gasteiger partial charge < -0.3 is 10.6 Å². The zero-order chi connectivity index (χ0) is 14.0. The van der Waals surface area contributed by atoms with Crippen molar-refractivity contribution in [2.24, 2.45) is 11.6 Å². The molecule has 0 fully saturated rings. The molecule has 2 heterocycles. The van der Waals surface area contributed by atoms with Crippen LogP contribution in [0.25, 0.3) is 10.2 Å². The number of hydrogen-bond acceptors (Lipinski definition) is 7. The molecule has 0 atom stereocenters. The monoisotopic (exact) mass is 280 g/mol. The van der Waals surface area contributed by atoms with Gasteiger partial charge in [-0.1, -0.05) is 6.92 Å². The predicted molar refractivity (Wildman–Crippen MR) is 77.1 cm³/mol. The molecule has 1 amide bonds. The lowest BCUT2D eigenvalue weighted by Crippen LogP contribution is -2.31. The second-order valence-electron chi connectivity index (χ2n) is 4.12. The number of nitrogens with one attached hydrogen (secondary N) is 1.